The molecule has 0 fully saturated rings. The number of hydrogen-bond donors (Lipinski definition) is 1. The fourth-order valence-electron chi connectivity index (χ4n) is 3.60. The summed E-state index contributed by atoms with van der Waals surface area (Å²) < 4.78 is 38.3. The van der Waals surface area contributed by atoms with Gasteiger partial charge in [0.25, 0.3) is 11.2 Å². The highest BCUT2D eigenvalue weighted by Crippen LogP contribution is 2.30. The fourth-order valence-corrected chi connectivity index (χ4v) is 3.60. The van der Waals surface area contributed by atoms with Crippen LogP contribution < -0.4 is 5.56 Å². The number of nitro groups is 1. The standard InChI is InChI=1S/C21H17F3N4O3/c22-21(23,24)15-6-4-14(5-7-15)19-25-18-8-9-27(12-17(18)20(29)26-19)11-13-2-1-3-16(10-13)28(30)31/h1-7,10H,8-9,11-12H2,(H,25,26,29). The SMILES string of the molecule is O=c1[nH]c(-c2ccc(C(F)(F)F)cc2)nc2c1CN(Cc1cccc([N+](=O)[O-])c1)CC2. The Hall–Kier alpha value is -3.53. The number of hydrogen-bond acceptors (Lipinski definition) is 5. The number of halogens is 3. The molecule has 0 bridgehead atoms. The van der Waals surface area contributed by atoms with Crippen LogP contribution >= 0.6 is 0 Å². The number of non-ortho nitro benzene ring substituents is 1. The zero-order valence-electron chi connectivity index (χ0n) is 16.1. The minimum atomic E-state index is -4.43. The van der Waals surface area contributed by atoms with Crippen molar-refractivity contribution in [2.24, 2.45) is 0 Å². The maximum absolute atomic E-state index is 12.8. The van der Waals surface area contributed by atoms with E-state index < -0.39 is 16.7 Å². The maximum atomic E-state index is 12.8. The lowest BCUT2D eigenvalue weighted by molar-refractivity contribution is -0.384. The number of H-pyrrole nitrogens is 1. The van der Waals surface area contributed by atoms with Gasteiger partial charge in [-0.3, -0.25) is 19.8 Å². The number of aromatic nitrogens is 2. The Morgan fingerprint density at radius 3 is 2.58 bits per heavy atom. The fraction of sp³-hybridized carbons (Fsp3) is 0.238. The first-order chi connectivity index (χ1) is 14.7. The van der Waals surface area contributed by atoms with E-state index in [2.05, 4.69) is 9.97 Å². The molecule has 0 saturated carbocycles. The zero-order chi connectivity index (χ0) is 22.2. The van der Waals surface area contributed by atoms with Crippen LogP contribution in [0.25, 0.3) is 11.4 Å². The second-order valence-electron chi connectivity index (χ2n) is 7.30. The Kier molecular flexibility index (Phi) is 5.32. The summed E-state index contributed by atoms with van der Waals surface area (Å²) in [5, 5.41) is 11.0. The lowest BCUT2D eigenvalue weighted by Crippen LogP contribution is -2.35. The first-order valence-corrected chi connectivity index (χ1v) is 9.46. The molecular weight excluding hydrogens is 413 g/mol. The van der Waals surface area contributed by atoms with Gasteiger partial charge in [0.15, 0.2) is 0 Å². The van der Waals surface area contributed by atoms with E-state index in [4.69, 9.17) is 0 Å². The van der Waals surface area contributed by atoms with Crippen LogP contribution in [0.3, 0.4) is 0 Å². The summed E-state index contributed by atoms with van der Waals surface area (Å²) in [5.74, 6) is 0.226. The van der Waals surface area contributed by atoms with Gasteiger partial charge in [-0.25, -0.2) is 4.98 Å². The van der Waals surface area contributed by atoms with Gasteiger partial charge in [-0.2, -0.15) is 13.2 Å². The third kappa shape index (κ3) is 4.48. The molecule has 1 N–H and O–H groups in total. The maximum Gasteiger partial charge on any atom is 0.416 e. The molecule has 0 amide bonds. The summed E-state index contributed by atoms with van der Waals surface area (Å²) in [6.07, 6.45) is -3.94. The molecule has 0 atom stereocenters. The Morgan fingerprint density at radius 2 is 1.90 bits per heavy atom. The van der Waals surface area contributed by atoms with Crippen molar-refractivity contribution in [1.29, 1.82) is 0 Å². The molecular formula is C21H17F3N4O3. The van der Waals surface area contributed by atoms with Gasteiger partial charge >= 0.3 is 6.18 Å². The van der Waals surface area contributed by atoms with Crippen molar-refractivity contribution in [2.75, 3.05) is 6.54 Å². The van der Waals surface area contributed by atoms with E-state index in [9.17, 15) is 28.1 Å². The van der Waals surface area contributed by atoms with Gasteiger partial charge in [0.1, 0.15) is 5.82 Å². The zero-order valence-corrected chi connectivity index (χ0v) is 16.1. The molecule has 1 aliphatic rings. The number of aromatic amines is 1. The van der Waals surface area contributed by atoms with Gasteiger partial charge < -0.3 is 4.98 Å². The number of fused-ring (bicyclic) bond motifs is 1. The summed E-state index contributed by atoms with van der Waals surface area (Å²) in [6, 6.07) is 10.8. The Labute approximate surface area is 174 Å². The van der Waals surface area contributed by atoms with Gasteiger partial charge in [0.05, 0.1) is 21.7 Å². The highest BCUT2D eigenvalue weighted by Gasteiger charge is 2.30. The van der Waals surface area contributed by atoms with Crippen LogP contribution in [0.4, 0.5) is 18.9 Å². The van der Waals surface area contributed by atoms with E-state index in [0.717, 1.165) is 17.7 Å². The smallest absolute Gasteiger partial charge is 0.306 e. The molecule has 0 aliphatic carbocycles. The Morgan fingerprint density at radius 1 is 1.16 bits per heavy atom. The van der Waals surface area contributed by atoms with Crippen LogP contribution in [0.15, 0.2) is 53.3 Å². The lowest BCUT2D eigenvalue weighted by atomic mass is 10.0. The van der Waals surface area contributed by atoms with E-state index in [-0.39, 0.29) is 17.1 Å². The first-order valence-electron chi connectivity index (χ1n) is 9.46. The van der Waals surface area contributed by atoms with Crippen molar-refractivity contribution >= 4 is 5.69 Å². The molecule has 1 aromatic heterocycles. The van der Waals surface area contributed by atoms with Crippen molar-refractivity contribution in [3.8, 4) is 11.4 Å². The molecule has 2 heterocycles. The highest BCUT2D eigenvalue weighted by molar-refractivity contribution is 5.56. The minimum Gasteiger partial charge on any atom is -0.306 e. The molecule has 4 rings (SSSR count). The molecule has 1 aliphatic heterocycles. The second-order valence-corrected chi connectivity index (χ2v) is 7.30. The van der Waals surface area contributed by atoms with Gasteiger partial charge in [0, 0.05) is 43.8 Å². The third-order valence-corrected chi connectivity index (χ3v) is 5.16. The van der Waals surface area contributed by atoms with Crippen molar-refractivity contribution < 1.29 is 18.1 Å². The number of nitrogens with one attached hydrogen (secondary N) is 1. The molecule has 2 aromatic carbocycles. The molecule has 160 valence electrons. The molecule has 31 heavy (non-hydrogen) atoms. The largest absolute Gasteiger partial charge is 0.416 e. The van der Waals surface area contributed by atoms with E-state index in [1.165, 1.54) is 24.3 Å². The summed E-state index contributed by atoms with van der Waals surface area (Å²) in [7, 11) is 0. The van der Waals surface area contributed by atoms with Crippen molar-refractivity contribution in [2.45, 2.75) is 25.7 Å². The number of alkyl halides is 3. The summed E-state index contributed by atoms with van der Waals surface area (Å²) >= 11 is 0. The minimum absolute atomic E-state index is 0.00982. The quantitative estimate of drug-likeness (QED) is 0.500. The summed E-state index contributed by atoms with van der Waals surface area (Å²) in [5.41, 5.74) is 1.16. The summed E-state index contributed by atoms with van der Waals surface area (Å²) in [6.45, 7) is 1.37. The topological polar surface area (TPSA) is 92.1 Å². The van der Waals surface area contributed by atoms with E-state index in [1.807, 2.05) is 4.90 Å². The average molecular weight is 430 g/mol. The molecule has 0 spiro atoms. The molecule has 0 radical (unpaired) electrons. The molecule has 7 nitrogen and oxygen atoms in total. The first kappa shape index (κ1) is 20.7. The number of benzene rings is 2. The van der Waals surface area contributed by atoms with Crippen LogP contribution in [0.5, 0.6) is 0 Å². The number of nitrogens with zero attached hydrogens (tertiary/aromatic N) is 3. The monoisotopic (exact) mass is 430 g/mol. The van der Waals surface area contributed by atoms with E-state index >= 15 is 0 Å². The van der Waals surface area contributed by atoms with E-state index in [0.29, 0.717) is 42.9 Å². The summed E-state index contributed by atoms with van der Waals surface area (Å²) in [4.78, 5) is 32.2. The molecule has 10 heteroatoms. The van der Waals surface area contributed by atoms with Crippen LogP contribution in [-0.4, -0.2) is 26.3 Å². The second kappa shape index (κ2) is 7.95. The lowest BCUT2D eigenvalue weighted by Gasteiger charge is -2.27. The number of nitro benzene ring substituents is 1. The van der Waals surface area contributed by atoms with Gasteiger partial charge in [-0.1, -0.05) is 24.3 Å². The van der Waals surface area contributed by atoms with Crippen LogP contribution in [0, 0.1) is 10.1 Å². The third-order valence-electron chi connectivity index (χ3n) is 5.16. The van der Waals surface area contributed by atoms with Crippen molar-refractivity contribution in [1.82, 2.24) is 14.9 Å². The molecule has 0 saturated heterocycles. The average Bonchev–Trinajstić information content (AvgIpc) is 2.74. The molecule has 3 aromatic rings. The Bertz CT molecular complexity index is 1190. The van der Waals surface area contributed by atoms with Crippen molar-refractivity contribution in [3.63, 3.8) is 0 Å². The molecule has 0 unspecified atom stereocenters. The van der Waals surface area contributed by atoms with Gasteiger partial charge in [-0.05, 0) is 17.7 Å². The van der Waals surface area contributed by atoms with Gasteiger partial charge in [-0.15, -0.1) is 0 Å². The van der Waals surface area contributed by atoms with Crippen molar-refractivity contribution in [3.05, 3.63) is 91.4 Å². The number of rotatable bonds is 4. The van der Waals surface area contributed by atoms with E-state index in [1.54, 1.807) is 12.1 Å². The van der Waals surface area contributed by atoms with Crippen LogP contribution in [0.1, 0.15) is 22.4 Å². The predicted molar refractivity (Wildman–Crippen MR) is 106 cm³/mol. The predicted octanol–water partition coefficient (Wildman–Crippen LogP) is 3.92. The Balaban J connectivity index is 1.54. The highest BCUT2D eigenvalue weighted by atomic mass is 19.4. The van der Waals surface area contributed by atoms with Gasteiger partial charge in [0.2, 0.25) is 0 Å². The van der Waals surface area contributed by atoms with Crippen LogP contribution in [0.2, 0.25) is 0 Å². The van der Waals surface area contributed by atoms with Crippen LogP contribution in [-0.2, 0) is 25.7 Å². The normalized spacial score (nSPS) is 14.3.